The van der Waals surface area contributed by atoms with Crippen LogP contribution in [0.1, 0.15) is 21.5 Å². The molecule has 0 unspecified atom stereocenters. The summed E-state index contributed by atoms with van der Waals surface area (Å²) in [5, 5.41) is 3.21. The molecule has 5 nitrogen and oxygen atoms in total. The fourth-order valence-electron chi connectivity index (χ4n) is 1.95. The third kappa shape index (κ3) is 4.47. The van der Waals surface area contributed by atoms with Gasteiger partial charge in [0.2, 0.25) is 0 Å². The first-order valence-electron chi connectivity index (χ1n) is 7.01. The number of aryl methyl sites for hydroxylation is 1. The summed E-state index contributed by atoms with van der Waals surface area (Å²) in [6.07, 6.45) is 0. The van der Waals surface area contributed by atoms with Gasteiger partial charge in [0.15, 0.2) is 6.61 Å². The third-order valence-corrected chi connectivity index (χ3v) is 3.68. The number of carbonyl (C=O) groups excluding carboxylic acids is 2. The molecule has 6 heteroatoms. The van der Waals surface area contributed by atoms with Crippen molar-refractivity contribution < 1.29 is 14.3 Å². The number of nitrogens with one attached hydrogen (secondary N) is 1. The number of nitrogens with two attached hydrogens (primary N) is 1. The molecule has 0 radical (unpaired) electrons. The van der Waals surface area contributed by atoms with Gasteiger partial charge in [-0.05, 0) is 30.2 Å². The quantitative estimate of drug-likeness (QED) is 0.651. The van der Waals surface area contributed by atoms with Crippen LogP contribution in [0, 0.1) is 6.92 Å². The molecule has 2 aromatic rings. The van der Waals surface area contributed by atoms with Crippen LogP contribution < -0.4 is 11.1 Å². The van der Waals surface area contributed by atoms with Crippen LogP contribution in [0.2, 0.25) is 5.02 Å². The fourth-order valence-corrected chi connectivity index (χ4v) is 2.16. The van der Waals surface area contributed by atoms with Crippen LogP contribution in [0.25, 0.3) is 0 Å². The van der Waals surface area contributed by atoms with Gasteiger partial charge in [-0.15, -0.1) is 0 Å². The van der Waals surface area contributed by atoms with E-state index in [0.29, 0.717) is 10.7 Å². The summed E-state index contributed by atoms with van der Waals surface area (Å²) in [4.78, 5) is 23.7. The summed E-state index contributed by atoms with van der Waals surface area (Å²) in [5.41, 5.74) is 8.00. The van der Waals surface area contributed by atoms with Gasteiger partial charge >= 0.3 is 5.97 Å². The second-order valence-corrected chi connectivity index (χ2v) is 5.39. The van der Waals surface area contributed by atoms with Crippen LogP contribution >= 0.6 is 11.6 Å². The highest BCUT2D eigenvalue weighted by Gasteiger charge is 2.14. The molecule has 120 valence electrons. The molecule has 0 aliphatic rings. The van der Waals surface area contributed by atoms with E-state index in [1.807, 2.05) is 18.2 Å². The number of esters is 1. The lowest BCUT2D eigenvalue weighted by molar-refractivity contribution is -0.124. The van der Waals surface area contributed by atoms with Gasteiger partial charge < -0.3 is 15.8 Å². The van der Waals surface area contributed by atoms with Crippen LogP contribution in [-0.4, -0.2) is 18.5 Å². The lowest BCUT2D eigenvalue weighted by Crippen LogP contribution is -2.28. The van der Waals surface area contributed by atoms with E-state index in [1.165, 1.54) is 0 Å². The molecular weight excluding hydrogens is 316 g/mol. The SMILES string of the molecule is Cc1cccc(C(=O)OCC(=O)NCc2ccccc2Cl)c1N. The number of benzene rings is 2. The molecule has 0 aromatic heterocycles. The first-order chi connectivity index (χ1) is 11.0. The number of carbonyl (C=O) groups is 2. The highest BCUT2D eigenvalue weighted by molar-refractivity contribution is 6.31. The number of anilines is 1. The zero-order valence-electron chi connectivity index (χ0n) is 12.6. The molecule has 0 bridgehead atoms. The van der Waals surface area contributed by atoms with Crippen LogP contribution in [0.5, 0.6) is 0 Å². The van der Waals surface area contributed by atoms with E-state index in [-0.39, 0.29) is 18.7 Å². The van der Waals surface area contributed by atoms with Gasteiger partial charge in [-0.25, -0.2) is 4.79 Å². The summed E-state index contributed by atoms with van der Waals surface area (Å²) in [5.74, 6) is -1.04. The van der Waals surface area contributed by atoms with Crippen molar-refractivity contribution >= 4 is 29.2 Å². The Balaban J connectivity index is 1.86. The minimum Gasteiger partial charge on any atom is -0.452 e. The maximum Gasteiger partial charge on any atom is 0.340 e. The molecule has 0 saturated heterocycles. The average molecular weight is 333 g/mol. The van der Waals surface area contributed by atoms with E-state index in [4.69, 9.17) is 22.1 Å². The van der Waals surface area contributed by atoms with E-state index in [2.05, 4.69) is 5.32 Å². The zero-order chi connectivity index (χ0) is 16.8. The Morgan fingerprint density at radius 3 is 2.65 bits per heavy atom. The zero-order valence-corrected chi connectivity index (χ0v) is 13.4. The van der Waals surface area contributed by atoms with E-state index < -0.39 is 11.9 Å². The fraction of sp³-hybridized carbons (Fsp3) is 0.176. The number of hydrogen-bond acceptors (Lipinski definition) is 4. The van der Waals surface area contributed by atoms with Crippen LogP contribution in [-0.2, 0) is 16.1 Å². The Morgan fingerprint density at radius 1 is 1.17 bits per heavy atom. The first-order valence-corrected chi connectivity index (χ1v) is 7.39. The number of ether oxygens (including phenoxy) is 1. The van der Waals surface area contributed by atoms with Gasteiger partial charge in [0, 0.05) is 17.3 Å². The normalized spacial score (nSPS) is 10.2. The summed E-state index contributed by atoms with van der Waals surface area (Å²) in [7, 11) is 0. The molecule has 3 N–H and O–H groups in total. The summed E-state index contributed by atoms with van der Waals surface area (Å²) >= 11 is 6.00. The first kappa shape index (κ1) is 16.8. The molecule has 23 heavy (non-hydrogen) atoms. The standard InChI is InChI=1S/C17H17ClN2O3/c1-11-5-4-7-13(16(11)19)17(22)23-10-15(21)20-9-12-6-2-3-8-14(12)18/h2-8H,9-10,19H2,1H3,(H,20,21). The maximum atomic E-state index is 11.9. The number of halogens is 1. The van der Waals surface area contributed by atoms with Gasteiger partial charge in [0.25, 0.3) is 5.91 Å². The van der Waals surface area contributed by atoms with E-state index in [0.717, 1.165) is 11.1 Å². The van der Waals surface area contributed by atoms with Crippen LogP contribution in [0.15, 0.2) is 42.5 Å². The van der Waals surface area contributed by atoms with Crippen molar-refractivity contribution in [3.63, 3.8) is 0 Å². The van der Waals surface area contributed by atoms with E-state index >= 15 is 0 Å². The van der Waals surface area contributed by atoms with E-state index in [1.54, 1.807) is 31.2 Å². The van der Waals surface area contributed by atoms with Crippen molar-refractivity contribution in [2.45, 2.75) is 13.5 Å². The molecule has 1 amide bonds. The molecule has 0 saturated carbocycles. The Kier molecular flexibility index (Phi) is 5.60. The number of hydrogen-bond donors (Lipinski definition) is 2. The Bertz CT molecular complexity index is 732. The summed E-state index contributed by atoms with van der Waals surface area (Å²) < 4.78 is 4.98. The van der Waals surface area contributed by atoms with Crippen molar-refractivity contribution in [1.82, 2.24) is 5.32 Å². The highest BCUT2D eigenvalue weighted by Crippen LogP contribution is 2.17. The van der Waals surface area contributed by atoms with Gasteiger partial charge in [0.1, 0.15) is 0 Å². The molecule has 0 atom stereocenters. The van der Waals surface area contributed by atoms with Crippen molar-refractivity contribution in [3.05, 3.63) is 64.2 Å². The number of nitrogen functional groups attached to an aromatic ring is 1. The third-order valence-electron chi connectivity index (χ3n) is 3.31. The average Bonchev–Trinajstić information content (AvgIpc) is 2.54. The van der Waals surface area contributed by atoms with Crippen molar-refractivity contribution in [2.24, 2.45) is 0 Å². The van der Waals surface area contributed by atoms with Gasteiger partial charge in [-0.2, -0.15) is 0 Å². The largest absolute Gasteiger partial charge is 0.452 e. The molecule has 0 aliphatic carbocycles. The number of para-hydroxylation sites is 1. The van der Waals surface area contributed by atoms with Crippen molar-refractivity contribution in [3.8, 4) is 0 Å². The minimum absolute atomic E-state index is 0.254. The lowest BCUT2D eigenvalue weighted by atomic mass is 10.1. The Hall–Kier alpha value is -2.53. The smallest absolute Gasteiger partial charge is 0.340 e. The van der Waals surface area contributed by atoms with E-state index in [9.17, 15) is 9.59 Å². The van der Waals surface area contributed by atoms with Gasteiger partial charge in [0.05, 0.1) is 5.56 Å². The molecule has 2 aromatic carbocycles. The van der Waals surface area contributed by atoms with Crippen LogP contribution in [0.3, 0.4) is 0 Å². The minimum atomic E-state index is -0.626. The molecular formula is C17H17ClN2O3. The monoisotopic (exact) mass is 332 g/mol. The Morgan fingerprint density at radius 2 is 1.91 bits per heavy atom. The molecule has 2 rings (SSSR count). The van der Waals surface area contributed by atoms with Crippen LogP contribution in [0.4, 0.5) is 5.69 Å². The number of amides is 1. The van der Waals surface area contributed by atoms with Crippen molar-refractivity contribution in [1.29, 1.82) is 0 Å². The molecule has 0 aliphatic heterocycles. The highest BCUT2D eigenvalue weighted by atomic mass is 35.5. The predicted molar refractivity (Wildman–Crippen MR) is 89.2 cm³/mol. The van der Waals surface area contributed by atoms with Gasteiger partial charge in [-0.3, -0.25) is 4.79 Å². The Labute approximate surface area is 139 Å². The maximum absolute atomic E-state index is 11.9. The molecule has 0 fully saturated rings. The summed E-state index contributed by atoms with van der Waals surface area (Å²) in [6.45, 7) is 1.68. The van der Waals surface area contributed by atoms with Gasteiger partial charge in [-0.1, -0.05) is 41.9 Å². The second kappa shape index (κ2) is 7.65. The number of rotatable bonds is 5. The lowest BCUT2D eigenvalue weighted by Gasteiger charge is -2.09. The molecule has 0 heterocycles. The summed E-state index contributed by atoms with van der Waals surface area (Å²) in [6, 6.07) is 12.2. The molecule has 0 spiro atoms. The predicted octanol–water partition coefficient (Wildman–Crippen LogP) is 2.70. The van der Waals surface area contributed by atoms with Crippen molar-refractivity contribution in [2.75, 3.05) is 12.3 Å². The second-order valence-electron chi connectivity index (χ2n) is 4.98. The topological polar surface area (TPSA) is 81.4 Å².